The lowest BCUT2D eigenvalue weighted by molar-refractivity contribution is 0.0943. The molecule has 0 radical (unpaired) electrons. The molecule has 1 aliphatic rings. The molecule has 1 saturated heterocycles. The molecule has 4 rings (SSSR count). The zero-order valence-electron chi connectivity index (χ0n) is 15.8. The molecule has 0 unspecified atom stereocenters. The third-order valence-electron chi connectivity index (χ3n) is 5.26. The molecule has 3 aromatic rings. The van der Waals surface area contributed by atoms with Gasteiger partial charge in [0, 0.05) is 38.6 Å². The van der Waals surface area contributed by atoms with Crippen molar-refractivity contribution in [3.8, 4) is 11.4 Å². The second-order valence-corrected chi connectivity index (χ2v) is 7.32. The van der Waals surface area contributed by atoms with Crippen LogP contribution in [0.5, 0.6) is 0 Å². The van der Waals surface area contributed by atoms with Gasteiger partial charge in [-0.05, 0) is 49.6 Å². The largest absolute Gasteiger partial charge is 0.371 e. The molecule has 1 aliphatic heterocycles. The second-order valence-electron chi connectivity index (χ2n) is 7.32. The number of aromatic amines is 1. The second kappa shape index (κ2) is 7.31. The Labute approximate surface area is 159 Å². The van der Waals surface area contributed by atoms with E-state index < -0.39 is 0 Å². The molecule has 6 heteroatoms. The Hall–Kier alpha value is -3.02. The molecular formula is C21H25N5O. The van der Waals surface area contributed by atoms with Crippen molar-refractivity contribution in [2.75, 3.05) is 24.5 Å². The maximum absolute atomic E-state index is 12.5. The summed E-state index contributed by atoms with van der Waals surface area (Å²) in [6, 6.07) is 14.4. The van der Waals surface area contributed by atoms with E-state index in [0.717, 1.165) is 30.9 Å². The minimum Gasteiger partial charge on any atom is -0.371 e. The van der Waals surface area contributed by atoms with Crippen molar-refractivity contribution in [1.29, 1.82) is 0 Å². The van der Waals surface area contributed by atoms with Crippen molar-refractivity contribution in [2.45, 2.75) is 13.3 Å². The lowest BCUT2D eigenvalue weighted by Gasteiger charge is -2.19. The number of hydrogen-bond donors (Lipinski definition) is 2. The average molecular weight is 363 g/mol. The first kappa shape index (κ1) is 17.4. The first-order valence-corrected chi connectivity index (χ1v) is 9.37. The summed E-state index contributed by atoms with van der Waals surface area (Å²) in [7, 11) is 1.96. The molecule has 27 heavy (non-hydrogen) atoms. The number of amides is 1. The number of aromatic nitrogens is 3. The number of carbonyl (C=O) groups is 1. The molecule has 1 amide bonds. The summed E-state index contributed by atoms with van der Waals surface area (Å²) >= 11 is 0. The Morgan fingerprint density at radius 1 is 1.30 bits per heavy atom. The summed E-state index contributed by atoms with van der Waals surface area (Å²) in [5, 5.41) is 10.2. The third-order valence-corrected chi connectivity index (χ3v) is 5.26. The Morgan fingerprint density at radius 3 is 2.85 bits per heavy atom. The minimum atomic E-state index is -0.100. The molecule has 0 saturated carbocycles. The van der Waals surface area contributed by atoms with Crippen molar-refractivity contribution >= 4 is 11.6 Å². The monoisotopic (exact) mass is 363 g/mol. The van der Waals surface area contributed by atoms with Crippen LogP contribution in [-0.2, 0) is 7.05 Å². The normalized spacial score (nSPS) is 16.7. The Balaban J connectivity index is 1.32. The van der Waals surface area contributed by atoms with Crippen molar-refractivity contribution < 1.29 is 4.79 Å². The number of hydrogen-bond acceptors (Lipinski definition) is 3. The highest BCUT2D eigenvalue weighted by Gasteiger charge is 2.23. The van der Waals surface area contributed by atoms with Gasteiger partial charge in [-0.1, -0.05) is 17.7 Å². The Bertz CT molecular complexity index is 924. The maximum Gasteiger partial charge on any atom is 0.269 e. The molecule has 2 N–H and O–H groups in total. The van der Waals surface area contributed by atoms with Gasteiger partial charge in [0.2, 0.25) is 0 Å². The van der Waals surface area contributed by atoms with Gasteiger partial charge in [-0.2, -0.15) is 5.10 Å². The number of aryl methyl sites for hydroxylation is 2. The topological polar surface area (TPSA) is 66.0 Å². The predicted molar refractivity (Wildman–Crippen MR) is 107 cm³/mol. The van der Waals surface area contributed by atoms with Crippen molar-refractivity contribution in [1.82, 2.24) is 20.1 Å². The van der Waals surface area contributed by atoms with E-state index >= 15 is 0 Å². The molecule has 1 atom stereocenters. The number of nitrogens with zero attached hydrogens (tertiary/aromatic N) is 3. The predicted octanol–water partition coefficient (Wildman–Crippen LogP) is 2.98. The molecule has 3 heterocycles. The highest BCUT2D eigenvalue weighted by atomic mass is 16.1. The summed E-state index contributed by atoms with van der Waals surface area (Å²) in [6.07, 6.45) is 3.05. The standard InChI is InChI=1S/C21H25N5O/c1-15-5-7-17(8-6-15)26-11-9-16(14-26)13-22-21(27)19-12-18(23-24-19)20-4-3-10-25(20)2/h3-8,10,12,16H,9,11,13-14H2,1-2H3,(H,22,27)(H,23,24)/t16-/m1/s1. The lowest BCUT2D eigenvalue weighted by atomic mass is 10.1. The number of carbonyl (C=O) groups excluding carboxylic acids is 1. The zero-order valence-corrected chi connectivity index (χ0v) is 15.8. The zero-order chi connectivity index (χ0) is 18.8. The van der Waals surface area contributed by atoms with Crippen molar-refractivity contribution in [3.63, 3.8) is 0 Å². The fraction of sp³-hybridized carbons (Fsp3) is 0.333. The highest BCUT2D eigenvalue weighted by molar-refractivity contribution is 5.93. The molecule has 0 spiro atoms. The highest BCUT2D eigenvalue weighted by Crippen LogP contribution is 2.24. The fourth-order valence-electron chi connectivity index (χ4n) is 3.62. The molecule has 0 aliphatic carbocycles. The van der Waals surface area contributed by atoms with Crippen LogP contribution in [0.25, 0.3) is 11.4 Å². The minimum absolute atomic E-state index is 0.100. The van der Waals surface area contributed by atoms with Gasteiger partial charge in [0.25, 0.3) is 5.91 Å². The molecule has 0 bridgehead atoms. The summed E-state index contributed by atoms with van der Waals surface area (Å²) in [5.41, 5.74) is 4.79. The van der Waals surface area contributed by atoms with E-state index in [0.29, 0.717) is 18.2 Å². The number of rotatable bonds is 5. The summed E-state index contributed by atoms with van der Waals surface area (Å²) in [4.78, 5) is 14.8. The van der Waals surface area contributed by atoms with Crippen LogP contribution in [0.4, 0.5) is 5.69 Å². The quantitative estimate of drug-likeness (QED) is 0.732. The molecular weight excluding hydrogens is 338 g/mol. The van der Waals surface area contributed by atoms with Gasteiger partial charge in [-0.15, -0.1) is 0 Å². The number of benzene rings is 1. The van der Waals surface area contributed by atoms with Gasteiger partial charge >= 0.3 is 0 Å². The maximum atomic E-state index is 12.5. The van der Waals surface area contributed by atoms with Gasteiger partial charge in [0.05, 0.1) is 5.69 Å². The van der Waals surface area contributed by atoms with Crippen LogP contribution >= 0.6 is 0 Å². The Kier molecular flexibility index (Phi) is 4.71. The van der Waals surface area contributed by atoms with E-state index in [2.05, 4.69) is 51.6 Å². The van der Waals surface area contributed by atoms with Crippen LogP contribution in [0.2, 0.25) is 0 Å². The molecule has 1 fully saturated rings. The van der Waals surface area contributed by atoms with Crippen LogP contribution in [0.1, 0.15) is 22.5 Å². The molecule has 140 valence electrons. The van der Waals surface area contributed by atoms with Crippen LogP contribution in [0.15, 0.2) is 48.7 Å². The van der Waals surface area contributed by atoms with Crippen LogP contribution in [-0.4, -0.2) is 40.3 Å². The smallest absolute Gasteiger partial charge is 0.269 e. The lowest BCUT2D eigenvalue weighted by Crippen LogP contribution is -2.31. The van der Waals surface area contributed by atoms with Gasteiger partial charge in [0.15, 0.2) is 0 Å². The molecule has 6 nitrogen and oxygen atoms in total. The first-order chi connectivity index (χ1) is 13.1. The van der Waals surface area contributed by atoms with E-state index in [-0.39, 0.29) is 5.91 Å². The summed E-state index contributed by atoms with van der Waals surface area (Å²) in [5.74, 6) is 0.363. The van der Waals surface area contributed by atoms with E-state index in [1.165, 1.54) is 11.3 Å². The van der Waals surface area contributed by atoms with E-state index in [1.54, 1.807) is 6.07 Å². The average Bonchev–Trinajstić information content (AvgIpc) is 3.40. The van der Waals surface area contributed by atoms with Crippen molar-refractivity contribution in [2.24, 2.45) is 13.0 Å². The number of anilines is 1. The van der Waals surface area contributed by atoms with Crippen LogP contribution in [0, 0.1) is 12.8 Å². The van der Waals surface area contributed by atoms with Gasteiger partial charge in [-0.3, -0.25) is 9.89 Å². The number of nitrogens with one attached hydrogen (secondary N) is 2. The Morgan fingerprint density at radius 2 is 2.11 bits per heavy atom. The van der Waals surface area contributed by atoms with E-state index in [1.807, 2.05) is 29.9 Å². The first-order valence-electron chi connectivity index (χ1n) is 9.37. The van der Waals surface area contributed by atoms with Crippen molar-refractivity contribution in [3.05, 3.63) is 59.9 Å². The van der Waals surface area contributed by atoms with Crippen LogP contribution in [0.3, 0.4) is 0 Å². The molecule has 2 aromatic heterocycles. The van der Waals surface area contributed by atoms with Gasteiger partial charge < -0.3 is 14.8 Å². The number of H-pyrrole nitrogens is 1. The van der Waals surface area contributed by atoms with Crippen LogP contribution < -0.4 is 10.2 Å². The van der Waals surface area contributed by atoms with E-state index in [4.69, 9.17) is 0 Å². The molecule has 1 aromatic carbocycles. The fourth-order valence-corrected chi connectivity index (χ4v) is 3.62. The summed E-state index contributed by atoms with van der Waals surface area (Å²) < 4.78 is 1.98. The van der Waals surface area contributed by atoms with Gasteiger partial charge in [0.1, 0.15) is 11.4 Å². The summed E-state index contributed by atoms with van der Waals surface area (Å²) in [6.45, 7) is 4.79. The van der Waals surface area contributed by atoms with Gasteiger partial charge in [-0.25, -0.2) is 0 Å². The SMILES string of the molecule is Cc1ccc(N2CC[C@H](CNC(=O)c3cc(-c4cccn4C)n[nH]3)C2)cc1. The third kappa shape index (κ3) is 3.74. The van der Waals surface area contributed by atoms with E-state index in [9.17, 15) is 4.79 Å².